The zero-order chi connectivity index (χ0) is 21.8. The molecule has 2 heterocycles. The molecule has 0 atom stereocenters. The summed E-state index contributed by atoms with van der Waals surface area (Å²) >= 11 is 0. The lowest BCUT2D eigenvalue weighted by Gasteiger charge is -2.22. The Morgan fingerprint density at radius 2 is 1.55 bits per heavy atom. The number of carbonyl (C=O) groups excluding carboxylic acids is 2. The Morgan fingerprint density at radius 1 is 0.935 bits per heavy atom. The number of aromatic nitrogens is 2. The first-order chi connectivity index (χ1) is 15.0. The molecule has 2 amide bonds. The van der Waals surface area contributed by atoms with Gasteiger partial charge in [-0.3, -0.25) is 10.1 Å². The average molecular weight is 415 g/mol. The summed E-state index contributed by atoms with van der Waals surface area (Å²) < 4.78 is 5.62. The molecule has 1 aliphatic heterocycles. The largest absolute Gasteiger partial charge is 0.425 e. The number of nitrogens with one attached hydrogen (secondary N) is 1. The maximum absolute atomic E-state index is 13.2. The summed E-state index contributed by atoms with van der Waals surface area (Å²) in [5.74, 6) is -0.444. The molecule has 0 fully saturated rings. The number of amides is 2. The van der Waals surface area contributed by atoms with Crippen LogP contribution in [0.1, 0.15) is 13.8 Å². The SMILES string of the molecule is CC(C)C(=O)Nc1nc2c(c(OC(=O)N(c3ccccc3)c3ccccc3)n1)N=C[N]2. The van der Waals surface area contributed by atoms with Gasteiger partial charge in [0.1, 0.15) is 6.34 Å². The van der Waals surface area contributed by atoms with Crippen molar-refractivity contribution in [3.63, 3.8) is 0 Å². The predicted molar refractivity (Wildman–Crippen MR) is 116 cm³/mol. The maximum atomic E-state index is 13.2. The van der Waals surface area contributed by atoms with E-state index in [1.165, 1.54) is 11.2 Å². The molecule has 0 bridgehead atoms. The molecule has 1 radical (unpaired) electrons. The van der Waals surface area contributed by atoms with Crippen molar-refractivity contribution in [2.24, 2.45) is 10.9 Å². The number of hydrogen-bond acceptors (Lipinski definition) is 6. The van der Waals surface area contributed by atoms with Crippen molar-refractivity contribution in [1.29, 1.82) is 0 Å². The summed E-state index contributed by atoms with van der Waals surface area (Å²) in [5.41, 5.74) is 1.45. The molecular formula is C22H19N6O3. The fourth-order valence-electron chi connectivity index (χ4n) is 2.79. The molecule has 1 aromatic heterocycles. The zero-order valence-corrected chi connectivity index (χ0v) is 16.9. The van der Waals surface area contributed by atoms with Crippen molar-refractivity contribution < 1.29 is 14.3 Å². The highest BCUT2D eigenvalue weighted by molar-refractivity contribution is 5.98. The zero-order valence-electron chi connectivity index (χ0n) is 16.9. The number of ether oxygens (including phenoxy) is 1. The van der Waals surface area contributed by atoms with E-state index < -0.39 is 6.09 Å². The topological polar surface area (TPSA) is 111 Å². The number of aliphatic imine (C=N–C) groups is 1. The fourth-order valence-corrected chi connectivity index (χ4v) is 2.79. The molecule has 1 N–H and O–H groups in total. The third-order valence-electron chi connectivity index (χ3n) is 4.36. The Bertz CT molecular complexity index is 1090. The number of hydrogen-bond donors (Lipinski definition) is 1. The Kier molecular flexibility index (Phi) is 5.57. The van der Waals surface area contributed by atoms with Crippen LogP contribution in [0.4, 0.5) is 33.6 Å². The van der Waals surface area contributed by atoms with Crippen LogP contribution in [0.2, 0.25) is 0 Å². The molecule has 0 aliphatic carbocycles. The van der Waals surface area contributed by atoms with Crippen molar-refractivity contribution in [2.45, 2.75) is 13.8 Å². The van der Waals surface area contributed by atoms with Gasteiger partial charge in [0.15, 0.2) is 11.5 Å². The van der Waals surface area contributed by atoms with E-state index in [9.17, 15) is 9.59 Å². The molecule has 0 saturated heterocycles. The van der Waals surface area contributed by atoms with Gasteiger partial charge in [-0.1, -0.05) is 50.2 Å². The van der Waals surface area contributed by atoms with E-state index in [4.69, 9.17) is 4.74 Å². The lowest BCUT2D eigenvalue weighted by molar-refractivity contribution is -0.118. The minimum Gasteiger partial charge on any atom is -0.388 e. The normalized spacial score (nSPS) is 11.6. The molecule has 155 valence electrons. The van der Waals surface area contributed by atoms with Crippen LogP contribution in [-0.2, 0) is 4.79 Å². The molecule has 0 saturated carbocycles. The Morgan fingerprint density at radius 3 is 2.13 bits per heavy atom. The highest BCUT2D eigenvalue weighted by atomic mass is 16.6. The van der Waals surface area contributed by atoms with Gasteiger partial charge in [-0.2, -0.15) is 9.97 Å². The molecule has 31 heavy (non-hydrogen) atoms. The molecule has 3 aromatic rings. The second-order valence-corrected chi connectivity index (χ2v) is 6.92. The van der Waals surface area contributed by atoms with Gasteiger partial charge in [0.2, 0.25) is 11.9 Å². The van der Waals surface area contributed by atoms with Gasteiger partial charge in [0.25, 0.3) is 5.88 Å². The lowest BCUT2D eigenvalue weighted by atomic mass is 10.2. The van der Waals surface area contributed by atoms with Crippen molar-refractivity contribution in [3.8, 4) is 5.88 Å². The van der Waals surface area contributed by atoms with Crippen LogP contribution in [-0.4, -0.2) is 28.3 Å². The van der Waals surface area contributed by atoms with E-state index in [1.807, 2.05) is 36.4 Å². The summed E-state index contributed by atoms with van der Waals surface area (Å²) in [4.78, 5) is 39.1. The second-order valence-electron chi connectivity index (χ2n) is 6.92. The van der Waals surface area contributed by atoms with Crippen molar-refractivity contribution in [2.75, 3.05) is 10.2 Å². The summed E-state index contributed by atoms with van der Waals surface area (Å²) in [7, 11) is 0. The monoisotopic (exact) mass is 415 g/mol. The van der Waals surface area contributed by atoms with E-state index in [1.54, 1.807) is 38.1 Å². The van der Waals surface area contributed by atoms with Crippen LogP contribution in [0.5, 0.6) is 5.88 Å². The minimum absolute atomic E-state index is 0.0135. The molecular weight excluding hydrogens is 396 g/mol. The Hall–Kier alpha value is -4.27. The number of rotatable bonds is 5. The highest BCUT2D eigenvalue weighted by Crippen LogP contribution is 2.37. The number of para-hydroxylation sites is 2. The highest BCUT2D eigenvalue weighted by Gasteiger charge is 2.26. The first-order valence-electron chi connectivity index (χ1n) is 9.61. The van der Waals surface area contributed by atoms with E-state index in [0.29, 0.717) is 11.4 Å². The summed E-state index contributed by atoms with van der Waals surface area (Å²) in [6, 6.07) is 18.2. The van der Waals surface area contributed by atoms with Gasteiger partial charge in [0.05, 0.1) is 11.4 Å². The van der Waals surface area contributed by atoms with Crippen LogP contribution in [0.3, 0.4) is 0 Å². The smallest absolute Gasteiger partial charge is 0.388 e. The van der Waals surface area contributed by atoms with Gasteiger partial charge < -0.3 is 4.74 Å². The van der Waals surface area contributed by atoms with Crippen molar-refractivity contribution in [3.05, 3.63) is 60.7 Å². The van der Waals surface area contributed by atoms with Gasteiger partial charge >= 0.3 is 6.09 Å². The summed E-state index contributed by atoms with van der Waals surface area (Å²) in [5, 5.41) is 6.64. The van der Waals surface area contributed by atoms with Crippen LogP contribution in [0.25, 0.3) is 0 Å². The van der Waals surface area contributed by atoms with Crippen LogP contribution in [0.15, 0.2) is 65.7 Å². The standard InChI is InChI=1S/C22H19N6O3/c1-14(2)19(29)26-21-25-18-17(23-13-24-18)20(27-21)31-22(30)28(15-9-5-3-6-10-15)16-11-7-4-8-12-16/h3-14H,1-2H3,(H,25,26,27,29). The average Bonchev–Trinajstić information content (AvgIpc) is 3.24. The number of carbonyl (C=O) groups is 2. The van der Waals surface area contributed by atoms with Gasteiger partial charge in [-0.15, -0.1) is 0 Å². The van der Waals surface area contributed by atoms with Crippen LogP contribution in [0, 0.1) is 5.92 Å². The molecule has 2 aromatic carbocycles. The molecule has 9 nitrogen and oxygen atoms in total. The molecule has 9 heteroatoms. The number of anilines is 3. The maximum Gasteiger partial charge on any atom is 0.425 e. The van der Waals surface area contributed by atoms with Gasteiger partial charge in [0, 0.05) is 5.92 Å². The third kappa shape index (κ3) is 4.35. The third-order valence-corrected chi connectivity index (χ3v) is 4.36. The second kappa shape index (κ2) is 8.62. The van der Waals surface area contributed by atoms with E-state index in [0.717, 1.165) is 0 Å². The quantitative estimate of drug-likeness (QED) is 0.667. The summed E-state index contributed by atoms with van der Waals surface area (Å²) in [6.07, 6.45) is 0.596. The predicted octanol–water partition coefficient (Wildman–Crippen LogP) is 4.32. The van der Waals surface area contributed by atoms with E-state index in [-0.39, 0.29) is 35.2 Å². The minimum atomic E-state index is -0.693. The number of nitrogens with zero attached hydrogens (tertiary/aromatic N) is 5. The van der Waals surface area contributed by atoms with Crippen molar-refractivity contribution in [1.82, 2.24) is 15.3 Å². The summed E-state index contributed by atoms with van der Waals surface area (Å²) in [6.45, 7) is 3.49. The van der Waals surface area contributed by atoms with Crippen LogP contribution < -0.4 is 20.3 Å². The fraction of sp³-hybridized carbons (Fsp3) is 0.136. The molecule has 0 spiro atoms. The van der Waals surface area contributed by atoms with Crippen molar-refractivity contribution >= 4 is 47.2 Å². The first kappa shape index (κ1) is 20.0. The molecule has 4 rings (SSSR count). The number of benzene rings is 2. The molecule has 0 unspecified atom stereocenters. The van der Waals surface area contributed by atoms with Crippen LogP contribution >= 0.6 is 0 Å². The van der Waals surface area contributed by atoms with Gasteiger partial charge in [-0.05, 0) is 24.3 Å². The first-order valence-corrected chi connectivity index (χ1v) is 9.61. The van der Waals surface area contributed by atoms with Gasteiger partial charge in [-0.25, -0.2) is 20.0 Å². The Balaban J connectivity index is 1.68. The van der Waals surface area contributed by atoms with E-state index in [2.05, 4.69) is 25.6 Å². The van der Waals surface area contributed by atoms with E-state index >= 15 is 0 Å². The lowest BCUT2D eigenvalue weighted by Crippen LogP contribution is -2.29. The molecule has 1 aliphatic rings. The Labute approximate surface area is 178 Å². The number of fused-ring (bicyclic) bond motifs is 1.